The molecule has 5 nitrogen and oxygen atoms in total. The number of rotatable bonds is 7. The smallest absolute Gasteiger partial charge is 0.225 e. The Morgan fingerprint density at radius 3 is 2.40 bits per heavy atom. The Morgan fingerprint density at radius 1 is 1.12 bits per heavy atom. The quantitative estimate of drug-likeness (QED) is 0.821. The molecule has 0 bridgehead atoms. The van der Waals surface area contributed by atoms with Crippen LogP contribution in [0.1, 0.15) is 24.5 Å². The molecular formula is C19H23NO4S. The lowest BCUT2D eigenvalue weighted by molar-refractivity contribution is -0.115. The number of para-hydroxylation sites is 1. The predicted molar refractivity (Wildman–Crippen MR) is 98.9 cm³/mol. The minimum atomic E-state index is -3.51. The fraction of sp³-hybridized carbons (Fsp3) is 0.316. The summed E-state index contributed by atoms with van der Waals surface area (Å²) < 4.78 is 29.7. The average molecular weight is 361 g/mol. The van der Waals surface area contributed by atoms with Gasteiger partial charge in [-0.05, 0) is 48.7 Å². The molecule has 0 fully saturated rings. The summed E-state index contributed by atoms with van der Waals surface area (Å²) in [6, 6.07) is 12.0. The summed E-state index contributed by atoms with van der Waals surface area (Å²) in [6.45, 7) is 3.93. The number of anilines is 1. The first-order valence-corrected chi connectivity index (χ1v) is 9.77. The van der Waals surface area contributed by atoms with E-state index in [-0.39, 0.29) is 23.0 Å². The molecule has 6 heteroatoms. The van der Waals surface area contributed by atoms with Crippen LogP contribution < -0.4 is 10.1 Å². The van der Waals surface area contributed by atoms with Gasteiger partial charge in [-0.2, -0.15) is 0 Å². The molecule has 0 saturated heterocycles. The molecule has 0 saturated carbocycles. The highest BCUT2D eigenvalue weighted by molar-refractivity contribution is 7.91. The topological polar surface area (TPSA) is 72.5 Å². The van der Waals surface area contributed by atoms with Crippen molar-refractivity contribution in [2.24, 2.45) is 0 Å². The first-order chi connectivity index (χ1) is 11.9. The van der Waals surface area contributed by atoms with Gasteiger partial charge in [-0.1, -0.05) is 25.1 Å². The Labute approximate surface area is 148 Å². The van der Waals surface area contributed by atoms with Crippen molar-refractivity contribution in [3.05, 3.63) is 53.6 Å². The molecule has 0 atom stereocenters. The van der Waals surface area contributed by atoms with E-state index in [1.54, 1.807) is 12.1 Å². The van der Waals surface area contributed by atoms with Crippen LogP contribution >= 0.6 is 0 Å². The first kappa shape index (κ1) is 19.0. The second kappa shape index (κ2) is 8.16. The maximum atomic E-state index is 12.4. The Kier molecular flexibility index (Phi) is 6.20. The van der Waals surface area contributed by atoms with Gasteiger partial charge in [-0.25, -0.2) is 8.42 Å². The summed E-state index contributed by atoms with van der Waals surface area (Å²) in [6.07, 6.45) is 0.702. The largest absolute Gasteiger partial charge is 0.497 e. The van der Waals surface area contributed by atoms with Crippen molar-refractivity contribution in [1.29, 1.82) is 0 Å². The van der Waals surface area contributed by atoms with Crippen molar-refractivity contribution in [3.8, 4) is 5.75 Å². The molecule has 1 amide bonds. The number of hydrogen-bond donors (Lipinski definition) is 1. The molecule has 0 aliphatic heterocycles. The molecule has 0 aromatic heterocycles. The highest BCUT2D eigenvalue weighted by Crippen LogP contribution is 2.22. The summed E-state index contributed by atoms with van der Waals surface area (Å²) in [5.74, 6) is 0.0443. The third kappa shape index (κ3) is 4.82. The van der Waals surface area contributed by atoms with Crippen LogP contribution in [0.4, 0.5) is 5.69 Å². The predicted octanol–water partition coefficient (Wildman–Crippen LogP) is 3.37. The number of sulfone groups is 1. The second-order valence-electron chi connectivity index (χ2n) is 5.76. The number of methoxy groups -OCH3 is 1. The summed E-state index contributed by atoms with van der Waals surface area (Å²) in [5.41, 5.74) is 2.77. The van der Waals surface area contributed by atoms with Crippen molar-refractivity contribution in [3.63, 3.8) is 0 Å². The Bertz CT molecular complexity index is 842. The zero-order valence-electron chi connectivity index (χ0n) is 14.7. The summed E-state index contributed by atoms with van der Waals surface area (Å²) in [7, 11) is -2.00. The summed E-state index contributed by atoms with van der Waals surface area (Å²) >= 11 is 0. The van der Waals surface area contributed by atoms with Gasteiger partial charge in [0.2, 0.25) is 5.91 Å². The van der Waals surface area contributed by atoms with Gasteiger partial charge in [-0.3, -0.25) is 4.79 Å². The van der Waals surface area contributed by atoms with Crippen LogP contribution in [0.2, 0.25) is 0 Å². The van der Waals surface area contributed by atoms with Gasteiger partial charge in [0.05, 0.1) is 17.8 Å². The van der Waals surface area contributed by atoms with Crippen LogP contribution in [-0.4, -0.2) is 27.2 Å². The van der Waals surface area contributed by atoms with Crippen molar-refractivity contribution >= 4 is 21.4 Å². The number of nitrogens with one attached hydrogen (secondary N) is 1. The highest BCUT2D eigenvalue weighted by Gasteiger charge is 2.17. The van der Waals surface area contributed by atoms with Gasteiger partial charge in [0, 0.05) is 12.1 Å². The van der Waals surface area contributed by atoms with E-state index in [0.29, 0.717) is 5.75 Å². The van der Waals surface area contributed by atoms with Gasteiger partial charge in [0.25, 0.3) is 0 Å². The lowest BCUT2D eigenvalue weighted by Crippen LogP contribution is -2.18. The van der Waals surface area contributed by atoms with Gasteiger partial charge in [0.1, 0.15) is 5.75 Å². The third-order valence-electron chi connectivity index (χ3n) is 4.02. The second-order valence-corrected chi connectivity index (χ2v) is 7.86. The zero-order chi connectivity index (χ0) is 18.4. The van der Waals surface area contributed by atoms with Crippen molar-refractivity contribution < 1.29 is 17.9 Å². The molecule has 0 heterocycles. The SMILES string of the molecule is CCc1cccc(C)c1NC(=O)CCS(=O)(=O)c1ccc(OC)cc1. The maximum absolute atomic E-state index is 12.4. The third-order valence-corrected chi connectivity index (χ3v) is 5.75. The normalized spacial score (nSPS) is 11.2. The molecule has 0 unspecified atom stereocenters. The molecule has 0 spiro atoms. The number of carbonyl (C=O) groups excluding carboxylic acids is 1. The van der Waals surface area contributed by atoms with E-state index in [1.165, 1.54) is 19.2 Å². The number of benzene rings is 2. The molecule has 2 rings (SSSR count). The molecule has 1 N–H and O–H groups in total. The Hall–Kier alpha value is -2.34. The van der Waals surface area contributed by atoms with E-state index in [1.807, 2.05) is 32.0 Å². The first-order valence-electron chi connectivity index (χ1n) is 8.12. The highest BCUT2D eigenvalue weighted by atomic mass is 32.2. The number of amides is 1. The van der Waals surface area contributed by atoms with Gasteiger partial charge in [-0.15, -0.1) is 0 Å². The fourth-order valence-electron chi connectivity index (χ4n) is 2.53. The van der Waals surface area contributed by atoms with Crippen LogP contribution in [0, 0.1) is 6.92 Å². The molecule has 0 radical (unpaired) electrons. The lowest BCUT2D eigenvalue weighted by atomic mass is 10.1. The number of aryl methyl sites for hydroxylation is 2. The number of ether oxygens (including phenoxy) is 1. The van der Waals surface area contributed by atoms with Gasteiger partial charge in [0.15, 0.2) is 9.84 Å². The number of carbonyl (C=O) groups is 1. The van der Waals surface area contributed by atoms with Gasteiger partial charge < -0.3 is 10.1 Å². The van der Waals surface area contributed by atoms with Crippen LogP contribution in [0.15, 0.2) is 47.4 Å². The molecule has 0 aliphatic rings. The Balaban J connectivity index is 2.04. The van der Waals surface area contributed by atoms with Crippen LogP contribution in [0.5, 0.6) is 5.75 Å². The molecule has 0 aliphatic carbocycles. The van der Waals surface area contributed by atoms with E-state index in [4.69, 9.17) is 4.74 Å². The minimum absolute atomic E-state index is 0.0914. The van der Waals surface area contributed by atoms with Gasteiger partial charge >= 0.3 is 0 Å². The standard InChI is InChI=1S/C19H23NO4S/c1-4-15-7-5-6-14(2)19(15)20-18(21)12-13-25(22,23)17-10-8-16(24-3)9-11-17/h5-11H,4,12-13H2,1-3H3,(H,20,21). The molecule has 2 aromatic rings. The molecule has 25 heavy (non-hydrogen) atoms. The summed E-state index contributed by atoms with van der Waals surface area (Å²) in [5, 5.41) is 2.85. The van der Waals surface area contributed by atoms with E-state index in [9.17, 15) is 13.2 Å². The average Bonchev–Trinajstić information content (AvgIpc) is 2.62. The molecular weight excluding hydrogens is 338 g/mol. The number of hydrogen-bond acceptors (Lipinski definition) is 4. The van der Waals surface area contributed by atoms with Crippen LogP contribution in [-0.2, 0) is 21.1 Å². The van der Waals surface area contributed by atoms with E-state index < -0.39 is 9.84 Å². The van der Waals surface area contributed by atoms with E-state index in [2.05, 4.69) is 5.32 Å². The fourth-order valence-corrected chi connectivity index (χ4v) is 3.77. The summed E-state index contributed by atoms with van der Waals surface area (Å²) in [4.78, 5) is 12.4. The monoisotopic (exact) mass is 361 g/mol. The van der Waals surface area contributed by atoms with E-state index >= 15 is 0 Å². The Morgan fingerprint density at radius 2 is 1.80 bits per heavy atom. The minimum Gasteiger partial charge on any atom is -0.497 e. The van der Waals surface area contributed by atoms with E-state index in [0.717, 1.165) is 23.2 Å². The maximum Gasteiger partial charge on any atom is 0.225 e. The van der Waals surface area contributed by atoms with Crippen molar-refractivity contribution in [2.75, 3.05) is 18.2 Å². The van der Waals surface area contributed by atoms with Crippen molar-refractivity contribution in [2.45, 2.75) is 31.6 Å². The van der Waals surface area contributed by atoms with Crippen LogP contribution in [0.25, 0.3) is 0 Å². The van der Waals surface area contributed by atoms with Crippen LogP contribution in [0.3, 0.4) is 0 Å². The lowest BCUT2D eigenvalue weighted by Gasteiger charge is -2.13. The molecule has 134 valence electrons. The van der Waals surface area contributed by atoms with Crippen molar-refractivity contribution in [1.82, 2.24) is 0 Å². The molecule has 2 aromatic carbocycles. The zero-order valence-corrected chi connectivity index (χ0v) is 15.5.